The zero-order valence-corrected chi connectivity index (χ0v) is 97.9. The topological polar surface area (TPSA) is 838 Å². The Morgan fingerprint density at radius 1 is 0.623 bits per heavy atom. The summed E-state index contributed by atoms with van der Waals surface area (Å²) in [6.07, 6.45) is 4.58. The summed E-state index contributed by atoms with van der Waals surface area (Å²) in [5.41, 5.74) is 20.6. The van der Waals surface area contributed by atoms with Crippen LogP contribution >= 0.6 is 117 Å². The average molecular weight is 2860 g/mol. The normalized spacial score (nSPS) is 15.2. The molecule has 2 aliphatic heterocycles. The molecule has 22 N–H and O–H groups in total. The summed E-state index contributed by atoms with van der Waals surface area (Å²) in [5, 5.41) is 35.5. The number of nitrogen functional groups attached to an aromatic ring is 2. The van der Waals surface area contributed by atoms with Crippen molar-refractivity contribution < 1.29 is 319 Å². The fourth-order valence-electron chi connectivity index (χ4n) is 9.59. The molecule has 10 rings (SSSR count). The number of anilines is 3. The second-order valence-electron chi connectivity index (χ2n) is 20.8. The number of rotatable bonds is 28. The fourth-order valence-corrected chi connectivity index (χ4v) is 13.7. The third-order valence-electron chi connectivity index (χ3n) is 14.0. The molecule has 0 radical (unpaired) electrons. The number of aliphatic imine (C=N–C) groups is 3. The Morgan fingerprint density at radius 3 is 1.23 bits per heavy atom. The number of phosphoric ester groups is 2. The number of methoxy groups -OCH3 is 2. The number of nitrogens with zero attached hydrogens (tertiary/aromatic N) is 9. The third kappa shape index (κ3) is 51.9. The van der Waals surface area contributed by atoms with E-state index in [1.165, 1.54) is 90.6 Å². The number of hydrogen-bond donors (Lipinski definition) is 5. The molecule has 48 nitrogen and oxygen atoms in total. The summed E-state index contributed by atoms with van der Waals surface area (Å²) in [7, 11) is 0.810. The van der Waals surface area contributed by atoms with Crippen molar-refractivity contribution in [3.8, 4) is 0 Å². The van der Waals surface area contributed by atoms with Gasteiger partial charge in [-0.3, -0.25) is 47.9 Å². The Balaban J connectivity index is -0.000000108. The van der Waals surface area contributed by atoms with Gasteiger partial charge in [0.05, 0.1) is 104 Å². The molecule has 2 aliphatic rings. The number of imidazole rings is 2. The summed E-state index contributed by atoms with van der Waals surface area (Å²) in [5.74, 6) is -0.135. The van der Waals surface area contributed by atoms with Crippen LogP contribution in [0, 0.1) is 29.7 Å². The molecule has 0 aliphatic carbocycles. The van der Waals surface area contributed by atoms with E-state index in [9.17, 15) is 65.0 Å². The van der Waals surface area contributed by atoms with Crippen LogP contribution in [0.15, 0.2) is 130 Å². The van der Waals surface area contributed by atoms with Crippen LogP contribution in [0.3, 0.4) is 0 Å². The third-order valence-corrected chi connectivity index (χ3v) is 19.5. The monoisotopic (exact) mass is 2850 g/mol. The number of fused-ring (bicyclic) bond motifs is 2. The zero-order chi connectivity index (χ0) is 83.1. The summed E-state index contributed by atoms with van der Waals surface area (Å²) in [4.78, 5) is 78.9. The van der Waals surface area contributed by atoms with E-state index < -0.39 is 110 Å². The Kier molecular flexibility index (Phi) is 100. The number of H-pyrrole nitrogens is 2. The van der Waals surface area contributed by atoms with Gasteiger partial charge < -0.3 is 174 Å². The first-order valence-electron chi connectivity index (χ1n) is 29.4. The van der Waals surface area contributed by atoms with E-state index in [0.29, 0.717) is 56.4 Å². The van der Waals surface area contributed by atoms with Gasteiger partial charge in [-0.15, -0.1) is 0 Å². The molecule has 2 fully saturated rings. The Labute approximate surface area is 934 Å². The largest absolute Gasteiger partial charge is 4.00 e. The van der Waals surface area contributed by atoms with Gasteiger partial charge in [-0.05, 0) is 107 Å². The van der Waals surface area contributed by atoms with Gasteiger partial charge >= 0.3 is 224 Å². The molecule has 0 spiro atoms. The van der Waals surface area contributed by atoms with Crippen LogP contribution in [-0.2, 0) is 163 Å². The van der Waals surface area contributed by atoms with Gasteiger partial charge in [-0.1, -0.05) is 66.9 Å². The van der Waals surface area contributed by atoms with Crippen LogP contribution in [0.2, 0.25) is 0 Å². The smallest absolute Gasteiger partial charge is 0.744 e. The minimum absolute atomic E-state index is 0. The molecule has 0 amide bonds. The molecule has 0 saturated carbocycles. The Morgan fingerprint density at radius 2 is 0.931 bits per heavy atom. The average Bonchev–Trinajstić information content (AvgIpc) is 1.63. The maximum atomic E-state index is 11.9. The molecule has 2 unspecified atom stereocenters. The van der Waals surface area contributed by atoms with Crippen molar-refractivity contribution in [3.05, 3.63) is 207 Å². The van der Waals surface area contributed by atoms with Gasteiger partial charge in [0.1, 0.15) is 44.9 Å². The van der Waals surface area contributed by atoms with Gasteiger partial charge in [0.2, 0.25) is 11.9 Å². The van der Waals surface area contributed by atoms with Gasteiger partial charge in [-0.25, -0.2) is 26.8 Å². The van der Waals surface area contributed by atoms with E-state index in [1.54, 1.807) is 49.1 Å². The van der Waals surface area contributed by atoms with E-state index >= 15 is 0 Å². The molecule has 8 atom stereocenters. The van der Waals surface area contributed by atoms with Crippen molar-refractivity contribution in [2.24, 2.45) is 15.0 Å². The van der Waals surface area contributed by atoms with E-state index in [0.717, 1.165) is 26.4 Å². The summed E-state index contributed by atoms with van der Waals surface area (Å²) >= 11 is 20.5. The molecular formula is C60H78Cl4N22Na4O26P2Pt4S8-4. The molecule has 2 saturated heterocycles. The predicted molar refractivity (Wildman–Crippen MR) is 465 cm³/mol. The number of benzene rings is 4. The molecule has 130 heavy (non-hydrogen) atoms. The number of isothiocyanates is 3. The number of nitrogens with one attached hydrogen (secondary N) is 4. The Bertz CT molecular complexity index is 5190. The number of halogens is 4. The van der Waals surface area contributed by atoms with Crippen LogP contribution in [0.5, 0.6) is 0 Å². The number of phosphoric acid groups is 2. The van der Waals surface area contributed by atoms with Crippen molar-refractivity contribution in [2.75, 3.05) is 58.4 Å². The standard InChI is InChI=1S/C16H13N3O6S4.C16H10N2O6S4.2C12H18N5O7P.4CH3.4ClH.7H2N.4Na.4Pt/c17-16(27)19-13-6-4-11(15(8-13)29(21,22)23)2-1-10-3-5-12(18-9-26)7-14(10)28-25-24-20;19-23-24-27-15-7-13(17-9-25)5-3-11(15)1-2-12-4-6-14(18-10-26)8-16(12)28(20,21)22;2*1-21-4-7-6(24-25(19,20)22-2)3-8(23-7)17-5-14-9-10(17)15-12(13)16-11(9)18;;;;;;;;;;;;;;;;;;;;;;;/h1-8H,(H5,17,19,20,21,22,23,27);1-8,19H,(H,20,21,22);2*5-8H,3-4H2,1-2H3,(H,19,20)(H3,13,15,16,18);4*1H3;4*1H;7*1H2;;;;;;;;/q;;;;4*-1;;;;;7*-1;4*+1;+2;3*+4/p-11/b2*2-1+;;;;;;;;;;;;;;;;;;;;;;;;;/t;;2*6-,7-,8-;;;;;;;;;;;;;;;;;;;;;;;/m..11......................./s1. The molecule has 6 heterocycles. The van der Waals surface area contributed by atoms with Crippen molar-refractivity contribution in [1.29, 1.82) is 0 Å². The quantitative estimate of drug-likeness (QED) is 0.00379. The van der Waals surface area contributed by atoms with Crippen LogP contribution in [0.25, 0.3) is 95.4 Å². The SMILES string of the molecule is COC[C@H]1O[C@@H](n2cnc3c(=O)[nH]c(N)nc32)C[C@H]1OP(=O)([O-])OC.COC[C@H]1O[C@@H](n2cnc3c(=O)[nH]c(N)nc32)C[C@H]1OP(=O)([O-])OC.O=S(=O)([O-])c1cc(N=C=S)ccc1/C=C/c1ccc(N=C=S)cc1SOO[O-].[CH3-].[CH3-].[CH3-].[CH3-].[Cl-].[Cl][Pt+2][Cl].[Cl][Pt+].[NH-]C(=S)Nc1ccc(/C=C/c2ccc(N=C=S)cc2SOO[O-])c(S(=O)(=O)[O-])c1.[NH2-].[NH2-].[NH2-].[NH2-].[NH2-].[NH2-].[NH2-].[Na+].[Na+].[Na+].[Na+].[Pt+4].[Pt+4]. The van der Waals surface area contributed by atoms with Crippen LogP contribution < -0.4 is 179 Å². The van der Waals surface area contributed by atoms with Gasteiger partial charge in [-0.2, -0.15) is 33.6 Å². The van der Waals surface area contributed by atoms with Gasteiger partial charge in [0.25, 0.3) is 26.8 Å². The number of aromatic nitrogens is 8. The second-order valence-corrected chi connectivity index (χ2v) is 32.1. The summed E-state index contributed by atoms with van der Waals surface area (Å²) in [6.45, 7) is 0.210. The van der Waals surface area contributed by atoms with Crippen molar-refractivity contribution >= 4 is 239 Å². The molecule has 8 aromatic rings. The minimum atomic E-state index is -4.81. The van der Waals surface area contributed by atoms with Crippen LogP contribution in [-0.4, -0.2) is 152 Å². The Hall–Kier alpha value is -0.277. The van der Waals surface area contributed by atoms with E-state index in [2.05, 4.69) is 152 Å². The number of nitrogens with two attached hydrogens (primary N) is 9. The minimum Gasteiger partial charge on any atom is -0.744 e. The summed E-state index contributed by atoms with van der Waals surface area (Å²) < 4.78 is 145. The molecule has 4 aromatic carbocycles. The number of aromatic amines is 2. The van der Waals surface area contributed by atoms with E-state index in [4.69, 9.17) is 64.0 Å². The van der Waals surface area contributed by atoms with Gasteiger partial charge in [0, 0.05) is 56.2 Å². The first kappa shape index (κ1) is 161. The molecule has 4 aromatic heterocycles. The number of hydrogen-bond acceptors (Lipinski definition) is 41. The van der Waals surface area contributed by atoms with Crippen LogP contribution in [0.4, 0.5) is 34.6 Å². The predicted octanol–water partition coefficient (Wildman–Crippen LogP) is -0.894. The maximum Gasteiger partial charge on any atom is 4.00 e. The first-order valence-corrected chi connectivity index (χ1v) is 46.7. The van der Waals surface area contributed by atoms with E-state index in [-0.39, 0.29) is 333 Å². The van der Waals surface area contributed by atoms with E-state index in [1.807, 2.05) is 0 Å². The van der Waals surface area contributed by atoms with Crippen LogP contribution in [0.1, 0.15) is 47.6 Å². The molecule has 70 heteroatoms. The molecule has 718 valence electrons. The second kappa shape index (κ2) is 81.3. The van der Waals surface area contributed by atoms with Crippen molar-refractivity contribution in [1.82, 2.24) is 39.0 Å². The number of thiocarbonyl (C=S) groups is 4. The molecule has 0 bridgehead atoms. The zero-order valence-electron chi connectivity index (χ0n) is 69.5. The summed E-state index contributed by atoms with van der Waals surface area (Å²) in [6, 6.07) is 17.5. The number of ether oxygens (including phenoxy) is 4. The van der Waals surface area contributed by atoms with Crippen molar-refractivity contribution in [3.63, 3.8) is 0 Å². The maximum absolute atomic E-state index is 11.9. The first-order chi connectivity index (χ1) is 53.2. The van der Waals surface area contributed by atoms with Crippen molar-refractivity contribution in [2.45, 2.75) is 69.3 Å². The van der Waals surface area contributed by atoms with Gasteiger partial charge in [0.15, 0.2) is 22.3 Å². The fraction of sp³-hybridized carbons (Fsp3) is 0.233. The molecular weight excluding hydrogens is 2780 g/mol.